The highest BCUT2D eigenvalue weighted by Crippen LogP contribution is 2.28. The van der Waals surface area contributed by atoms with Crippen LogP contribution in [0.2, 0.25) is 0 Å². The first-order valence-corrected chi connectivity index (χ1v) is 7.50. The van der Waals surface area contributed by atoms with Crippen LogP contribution in [0.4, 0.5) is 5.69 Å². The van der Waals surface area contributed by atoms with E-state index in [0.717, 1.165) is 31.6 Å². The number of nitrogens with one attached hydrogen (secondary N) is 1. The first-order chi connectivity index (χ1) is 10.1. The van der Waals surface area contributed by atoms with Gasteiger partial charge in [0.2, 0.25) is 11.8 Å². The molecular weight excluding hydrogens is 266 g/mol. The van der Waals surface area contributed by atoms with Crippen LogP contribution in [0.1, 0.15) is 24.3 Å². The van der Waals surface area contributed by atoms with Crippen LogP contribution in [0, 0.1) is 0 Å². The largest absolute Gasteiger partial charge is 0.353 e. The molecule has 1 N–H and O–H groups in total. The van der Waals surface area contributed by atoms with E-state index in [2.05, 4.69) is 17.4 Å². The number of rotatable bonds is 2. The van der Waals surface area contributed by atoms with Crippen molar-refractivity contribution in [2.45, 2.75) is 18.8 Å². The number of carbonyl (C=O) groups is 2. The van der Waals surface area contributed by atoms with Crippen molar-refractivity contribution in [3.8, 4) is 0 Å². The zero-order chi connectivity index (χ0) is 14.8. The Hall–Kier alpha value is -1.88. The van der Waals surface area contributed by atoms with Crippen LogP contribution in [0.3, 0.4) is 0 Å². The molecular formula is C16H21N3O2. The van der Waals surface area contributed by atoms with E-state index in [1.165, 1.54) is 10.5 Å². The summed E-state index contributed by atoms with van der Waals surface area (Å²) in [6.45, 7) is 2.66. The van der Waals surface area contributed by atoms with Gasteiger partial charge in [0, 0.05) is 12.7 Å². The molecule has 3 rings (SSSR count). The smallest absolute Gasteiger partial charge is 0.248 e. The van der Waals surface area contributed by atoms with Gasteiger partial charge in [0.15, 0.2) is 0 Å². The second-order valence-electron chi connectivity index (χ2n) is 5.82. The molecule has 0 spiro atoms. The third-order valence-electron chi connectivity index (χ3n) is 4.45. The highest BCUT2D eigenvalue weighted by atomic mass is 16.2. The molecule has 112 valence electrons. The third kappa shape index (κ3) is 2.93. The average Bonchev–Trinajstić information content (AvgIpc) is 2.53. The van der Waals surface area contributed by atoms with Gasteiger partial charge in [-0.3, -0.25) is 14.5 Å². The molecule has 0 unspecified atom stereocenters. The maximum atomic E-state index is 11.8. The molecule has 1 aromatic rings. The average molecular weight is 287 g/mol. The van der Waals surface area contributed by atoms with Crippen LogP contribution >= 0.6 is 0 Å². The van der Waals surface area contributed by atoms with E-state index in [-0.39, 0.29) is 24.9 Å². The topological polar surface area (TPSA) is 52.7 Å². The van der Waals surface area contributed by atoms with Gasteiger partial charge in [-0.05, 0) is 49.5 Å². The minimum atomic E-state index is -0.140. The Bertz CT molecular complexity index is 534. The quantitative estimate of drug-likeness (QED) is 0.823. The van der Waals surface area contributed by atoms with Crippen LogP contribution in [0.5, 0.6) is 0 Å². The van der Waals surface area contributed by atoms with Crippen molar-refractivity contribution in [2.75, 3.05) is 38.1 Å². The molecule has 1 aromatic carbocycles. The number of piperidine rings is 1. The van der Waals surface area contributed by atoms with Crippen molar-refractivity contribution < 1.29 is 9.59 Å². The Morgan fingerprint density at radius 3 is 2.43 bits per heavy atom. The number of amides is 2. The van der Waals surface area contributed by atoms with Gasteiger partial charge in [-0.25, -0.2) is 0 Å². The number of anilines is 1. The van der Waals surface area contributed by atoms with Crippen molar-refractivity contribution in [1.82, 2.24) is 10.2 Å². The monoisotopic (exact) mass is 287 g/mol. The molecule has 2 heterocycles. The van der Waals surface area contributed by atoms with Gasteiger partial charge in [-0.1, -0.05) is 12.1 Å². The minimum absolute atomic E-state index is 0.140. The molecule has 2 amide bonds. The van der Waals surface area contributed by atoms with E-state index in [0.29, 0.717) is 5.92 Å². The summed E-state index contributed by atoms with van der Waals surface area (Å²) in [5.74, 6) is 0.294. The Morgan fingerprint density at radius 2 is 1.76 bits per heavy atom. The fourth-order valence-electron chi connectivity index (χ4n) is 3.05. The van der Waals surface area contributed by atoms with E-state index < -0.39 is 0 Å². The van der Waals surface area contributed by atoms with Gasteiger partial charge in [0.1, 0.15) is 0 Å². The maximum Gasteiger partial charge on any atom is 0.248 e. The maximum absolute atomic E-state index is 11.8. The Morgan fingerprint density at radius 1 is 1.10 bits per heavy atom. The molecule has 2 aliphatic rings. The van der Waals surface area contributed by atoms with E-state index in [9.17, 15) is 9.59 Å². The Balaban J connectivity index is 1.79. The van der Waals surface area contributed by atoms with Gasteiger partial charge in [-0.2, -0.15) is 0 Å². The number of carbonyl (C=O) groups excluding carboxylic acids is 2. The SMILES string of the molecule is CN1C(=O)CN(c2cccc(C3CCNCC3)c2)CC1=O. The fourth-order valence-corrected chi connectivity index (χ4v) is 3.05. The summed E-state index contributed by atoms with van der Waals surface area (Å²) in [6, 6.07) is 8.30. The fraction of sp³-hybridized carbons (Fsp3) is 0.500. The number of nitrogens with zero attached hydrogens (tertiary/aromatic N) is 2. The molecule has 2 aliphatic heterocycles. The molecule has 5 nitrogen and oxygen atoms in total. The third-order valence-corrected chi connectivity index (χ3v) is 4.45. The summed E-state index contributed by atoms with van der Waals surface area (Å²) >= 11 is 0. The lowest BCUT2D eigenvalue weighted by molar-refractivity contribution is -0.143. The van der Waals surface area contributed by atoms with Crippen LogP contribution in [-0.4, -0.2) is 49.9 Å². The number of likely N-dealkylation sites (N-methyl/N-ethyl adjacent to an activating group) is 1. The molecule has 0 radical (unpaired) electrons. The highest BCUT2D eigenvalue weighted by molar-refractivity contribution is 6.02. The second-order valence-corrected chi connectivity index (χ2v) is 5.82. The second kappa shape index (κ2) is 5.85. The van der Waals surface area contributed by atoms with Crippen LogP contribution in [0.15, 0.2) is 24.3 Å². The number of piperazine rings is 1. The summed E-state index contributed by atoms with van der Waals surface area (Å²) < 4.78 is 0. The van der Waals surface area contributed by atoms with Gasteiger partial charge in [0.25, 0.3) is 0 Å². The van der Waals surface area contributed by atoms with Crippen LogP contribution in [-0.2, 0) is 9.59 Å². The zero-order valence-electron chi connectivity index (χ0n) is 12.3. The van der Waals surface area contributed by atoms with Crippen molar-refractivity contribution >= 4 is 17.5 Å². The van der Waals surface area contributed by atoms with Crippen molar-refractivity contribution in [3.05, 3.63) is 29.8 Å². The van der Waals surface area contributed by atoms with E-state index in [4.69, 9.17) is 0 Å². The predicted molar refractivity (Wildman–Crippen MR) is 81.3 cm³/mol. The molecule has 0 aromatic heterocycles. The lowest BCUT2D eigenvalue weighted by atomic mass is 9.90. The zero-order valence-corrected chi connectivity index (χ0v) is 12.3. The molecule has 21 heavy (non-hydrogen) atoms. The summed E-state index contributed by atoms with van der Waals surface area (Å²) in [5.41, 5.74) is 2.29. The predicted octanol–water partition coefficient (Wildman–Crippen LogP) is 0.959. The lowest BCUT2D eigenvalue weighted by Gasteiger charge is -2.32. The van der Waals surface area contributed by atoms with Crippen LogP contribution in [0.25, 0.3) is 0 Å². The molecule has 0 aliphatic carbocycles. The van der Waals surface area contributed by atoms with Crippen molar-refractivity contribution in [2.24, 2.45) is 0 Å². The van der Waals surface area contributed by atoms with Gasteiger partial charge in [0.05, 0.1) is 13.1 Å². The lowest BCUT2D eigenvalue weighted by Crippen LogP contribution is -2.52. The van der Waals surface area contributed by atoms with Gasteiger partial charge in [-0.15, -0.1) is 0 Å². The first-order valence-electron chi connectivity index (χ1n) is 7.50. The summed E-state index contributed by atoms with van der Waals surface area (Å²) in [6.07, 6.45) is 2.29. The van der Waals surface area contributed by atoms with E-state index in [1.807, 2.05) is 17.0 Å². The number of hydrogen-bond acceptors (Lipinski definition) is 4. The Kier molecular flexibility index (Phi) is 3.92. The summed E-state index contributed by atoms with van der Waals surface area (Å²) in [4.78, 5) is 26.7. The van der Waals surface area contributed by atoms with E-state index in [1.54, 1.807) is 7.05 Å². The van der Waals surface area contributed by atoms with Gasteiger partial charge < -0.3 is 10.2 Å². The molecule has 2 fully saturated rings. The number of benzene rings is 1. The van der Waals surface area contributed by atoms with Crippen molar-refractivity contribution in [1.29, 1.82) is 0 Å². The Labute approximate surface area is 124 Å². The first kappa shape index (κ1) is 14.1. The van der Waals surface area contributed by atoms with Gasteiger partial charge >= 0.3 is 0 Å². The van der Waals surface area contributed by atoms with E-state index >= 15 is 0 Å². The number of imide groups is 1. The standard InChI is InChI=1S/C16H21N3O2/c1-18-15(20)10-19(11-16(18)21)14-4-2-3-13(9-14)12-5-7-17-8-6-12/h2-4,9,12,17H,5-8,10-11H2,1H3. The summed E-state index contributed by atoms with van der Waals surface area (Å²) in [7, 11) is 1.55. The molecule has 0 bridgehead atoms. The molecule has 0 saturated carbocycles. The normalized spacial score (nSPS) is 21.0. The highest BCUT2D eigenvalue weighted by Gasteiger charge is 2.28. The number of hydrogen-bond donors (Lipinski definition) is 1. The molecule has 5 heteroatoms. The molecule has 0 atom stereocenters. The summed E-state index contributed by atoms with van der Waals surface area (Å²) in [5, 5.41) is 3.37. The van der Waals surface area contributed by atoms with Crippen molar-refractivity contribution in [3.63, 3.8) is 0 Å². The van der Waals surface area contributed by atoms with Crippen LogP contribution < -0.4 is 10.2 Å². The minimum Gasteiger partial charge on any atom is -0.353 e. The molecule has 2 saturated heterocycles.